The molecule has 4 rings (SSSR count). The summed E-state index contributed by atoms with van der Waals surface area (Å²) in [4.78, 5) is 0. The van der Waals surface area contributed by atoms with Crippen LogP contribution in [0.3, 0.4) is 0 Å². The van der Waals surface area contributed by atoms with E-state index >= 15 is 0 Å². The molecule has 0 N–H and O–H groups in total. The summed E-state index contributed by atoms with van der Waals surface area (Å²) < 4.78 is 0. The van der Waals surface area contributed by atoms with Crippen LogP contribution < -0.4 is 0 Å². The summed E-state index contributed by atoms with van der Waals surface area (Å²) >= 11 is 0. The van der Waals surface area contributed by atoms with Gasteiger partial charge in [-0.3, -0.25) is 0 Å². The second kappa shape index (κ2) is 4.38. The summed E-state index contributed by atoms with van der Waals surface area (Å²) in [5.41, 5.74) is 2.97. The molecule has 0 radical (unpaired) electrons. The minimum Gasteiger partial charge on any atom is -0.0801 e. The minimum atomic E-state index is 0.645. The molecule has 4 atom stereocenters. The Bertz CT molecular complexity index is 528. The van der Waals surface area contributed by atoms with Crippen molar-refractivity contribution in [3.8, 4) is 0 Å². The third-order valence-corrected chi connectivity index (χ3v) is 4.71. The van der Waals surface area contributed by atoms with E-state index in [1.807, 2.05) is 0 Å². The molecular formula is C19H18. The fraction of sp³-hybridized carbons (Fsp3) is 0.263. The molecule has 4 unspecified atom stereocenters. The van der Waals surface area contributed by atoms with Crippen molar-refractivity contribution in [3.63, 3.8) is 0 Å². The molecule has 19 heavy (non-hydrogen) atoms. The SMILES string of the molecule is C1=CC(c2ccccc2)C2CC2C1c1ccccc1. The van der Waals surface area contributed by atoms with E-state index in [1.165, 1.54) is 17.5 Å². The van der Waals surface area contributed by atoms with Gasteiger partial charge in [0.2, 0.25) is 0 Å². The van der Waals surface area contributed by atoms with Crippen LogP contribution in [0.1, 0.15) is 29.4 Å². The zero-order valence-corrected chi connectivity index (χ0v) is 10.9. The lowest BCUT2D eigenvalue weighted by Crippen LogP contribution is -2.10. The summed E-state index contributed by atoms with van der Waals surface area (Å²) in [7, 11) is 0. The fourth-order valence-electron chi connectivity index (χ4n) is 3.65. The topological polar surface area (TPSA) is 0 Å². The van der Waals surface area contributed by atoms with Gasteiger partial charge in [-0.1, -0.05) is 72.8 Å². The molecule has 1 fully saturated rings. The Balaban J connectivity index is 1.63. The molecule has 0 saturated heterocycles. The lowest BCUT2D eigenvalue weighted by atomic mass is 9.82. The van der Waals surface area contributed by atoms with E-state index < -0.39 is 0 Å². The molecule has 0 aliphatic heterocycles. The van der Waals surface area contributed by atoms with Gasteiger partial charge in [0.15, 0.2) is 0 Å². The summed E-state index contributed by atoms with van der Waals surface area (Å²) in [6.45, 7) is 0. The summed E-state index contributed by atoms with van der Waals surface area (Å²) in [6.07, 6.45) is 6.27. The van der Waals surface area contributed by atoms with Gasteiger partial charge < -0.3 is 0 Å². The summed E-state index contributed by atoms with van der Waals surface area (Å²) in [5.74, 6) is 3.01. The molecule has 2 aliphatic rings. The molecule has 0 amide bonds. The minimum absolute atomic E-state index is 0.645. The van der Waals surface area contributed by atoms with Gasteiger partial charge in [-0.15, -0.1) is 0 Å². The molecule has 2 aliphatic carbocycles. The van der Waals surface area contributed by atoms with Crippen molar-refractivity contribution < 1.29 is 0 Å². The lowest BCUT2D eigenvalue weighted by molar-refractivity contribution is 0.567. The molecule has 0 aromatic heterocycles. The van der Waals surface area contributed by atoms with Crippen LogP contribution in [0.5, 0.6) is 0 Å². The van der Waals surface area contributed by atoms with E-state index in [4.69, 9.17) is 0 Å². The molecule has 0 nitrogen and oxygen atoms in total. The molecule has 2 aromatic rings. The maximum atomic E-state index is 2.45. The Morgan fingerprint density at radius 1 is 0.579 bits per heavy atom. The van der Waals surface area contributed by atoms with Gasteiger partial charge in [0.05, 0.1) is 0 Å². The van der Waals surface area contributed by atoms with Crippen LogP contribution in [0.4, 0.5) is 0 Å². The van der Waals surface area contributed by atoms with E-state index in [2.05, 4.69) is 72.8 Å². The first-order valence-electron chi connectivity index (χ1n) is 7.22. The third kappa shape index (κ3) is 1.92. The Hall–Kier alpha value is -1.82. The largest absolute Gasteiger partial charge is 0.0801 e. The summed E-state index contributed by atoms with van der Waals surface area (Å²) in [6, 6.07) is 21.9. The highest BCUT2D eigenvalue weighted by atomic mass is 14.5. The Labute approximate surface area is 114 Å². The van der Waals surface area contributed by atoms with Crippen LogP contribution in [0.25, 0.3) is 0 Å². The maximum Gasteiger partial charge on any atom is 0.00495 e. The number of hydrogen-bond donors (Lipinski definition) is 0. The zero-order valence-electron chi connectivity index (χ0n) is 10.9. The average molecular weight is 246 g/mol. The highest BCUT2D eigenvalue weighted by molar-refractivity contribution is 5.36. The summed E-state index contributed by atoms with van der Waals surface area (Å²) in [5, 5.41) is 0. The van der Waals surface area contributed by atoms with Crippen molar-refractivity contribution in [1.82, 2.24) is 0 Å². The number of allylic oxidation sites excluding steroid dienone is 2. The van der Waals surface area contributed by atoms with Gasteiger partial charge in [0.1, 0.15) is 0 Å². The van der Waals surface area contributed by atoms with Gasteiger partial charge in [-0.25, -0.2) is 0 Å². The smallest absolute Gasteiger partial charge is 0.00495 e. The second-order valence-corrected chi connectivity index (χ2v) is 5.82. The molecular weight excluding hydrogens is 228 g/mol. The van der Waals surface area contributed by atoms with Gasteiger partial charge in [0, 0.05) is 11.8 Å². The third-order valence-electron chi connectivity index (χ3n) is 4.71. The predicted molar refractivity (Wildman–Crippen MR) is 79.1 cm³/mol. The first-order valence-corrected chi connectivity index (χ1v) is 7.22. The lowest BCUT2D eigenvalue weighted by Gasteiger charge is -2.23. The first-order chi connectivity index (χ1) is 9.43. The van der Waals surface area contributed by atoms with Crippen LogP contribution in [0.2, 0.25) is 0 Å². The van der Waals surface area contributed by atoms with Crippen molar-refractivity contribution in [1.29, 1.82) is 0 Å². The number of rotatable bonds is 2. The monoisotopic (exact) mass is 246 g/mol. The quantitative estimate of drug-likeness (QED) is 0.670. The average Bonchev–Trinajstić information content (AvgIpc) is 3.28. The van der Waals surface area contributed by atoms with E-state index in [-0.39, 0.29) is 0 Å². The van der Waals surface area contributed by atoms with Crippen LogP contribution in [-0.4, -0.2) is 0 Å². The fourth-order valence-corrected chi connectivity index (χ4v) is 3.65. The normalized spacial score (nSPS) is 31.8. The Kier molecular flexibility index (Phi) is 2.55. The highest BCUT2D eigenvalue weighted by Crippen LogP contribution is 2.59. The van der Waals surface area contributed by atoms with Crippen LogP contribution in [-0.2, 0) is 0 Å². The maximum absolute atomic E-state index is 2.45. The van der Waals surface area contributed by atoms with E-state index in [0.717, 1.165) is 11.8 Å². The molecule has 2 aromatic carbocycles. The first kappa shape index (κ1) is 11.0. The number of fused-ring (bicyclic) bond motifs is 1. The number of hydrogen-bond acceptors (Lipinski definition) is 0. The molecule has 1 saturated carbocycles. The van der Waals surface area contributed by atoms with Gasteiger partial charge >= 0.3 is 0 Å². The molecule has 0 bridgehead atoms. The van der Waals surface area contributed by atoms with Gasteiger partial charge in [-0.05, 0) is 29.4 Å². The van der Waals surface area contributed by atoms with Crippen molar-refractivity contribution in [2.45, 2.75) is 18.3 Å². The van der Waals surface area contributed by atoms with E-state index in [0.29, 0.717) is 11.8 Å². The molecule has 94 valence electrons. The number of benzene rings is 2. The Morgan fingerprint density at radius 2 is 1.00 bits per heavy atom. The van der Waals surface area contributed by atoms with E-state index in [9.17, 15) is 0 Å². The van der Waals surface area contributed by atoms with Crippen LogP contribution in [0, 0.1) is 11.8 Å². The Morgan fingerprint density at radius 3 is 1.42 bits per heavy atom. The van der Waals surface area contributed by atoms with Gasteiger partial charge in [0.25, 0.3) is 0 Å². The van der Waals surface area contributed by atoms with Crippen molar-refractivity contribution >= 4 is 0 Å². The standard InChI is InChI=1S/C19H18/c1-3-7-14(8-4-1)16-11-12-17(19-13-18(16)19)15-9-5-2-6-10-15/h1-12,16-19H,13H2. The van der Waals surface area contributed by atoms with Crippen LogP contribution >= 0.6 is 0 Å². The zero-order chi connectivity index (χ0) is 12.7. The van der Waals surface area contributed by atoms with Crippen LogP contribution in [0.15, 0.2) is 72.8 Å². The molecule has 0 spiro atoms. The van der Waals surface area contributed by atoms with E-state index in [1.54, 1.807) is 0 Å². The second-order valence-electron chi connectivity index (χ2n) is 5.82. The molecule has 0 heteroatoms. The van der Waals surface area contributed by atoms with Gasteiger partial charge in [-0.2, -0.15) is 0 Å². The van der Waals surface area contributed by atoms with Crippen molar-refractivity contribution in [2.75, 3.05) is 0 Å². The highest BCUT2D eigenvalue weighted by Gasteiger charge is 2.48. The molecule has 0 heterocycles. The predicted octanol–water partition coefficient (Wildman–Crippen LogP) is 4.76. The van der Waals surface area contributed by atoms with Crippen molar-refractivity contribution in [2.24, 2.45) is 11.8 Å². The van der Waals surface area contributed by atoms with Crippen molar-refractivity contribution in [3.05, 3.63) is 83.9 Å².